The molecule has 3 aromatic carbocycles. The van der Waals surface area contributed by atoms with E-state index in [0.29, 0.717) is 25.4 Å². The number of ether oxygens (including phenoxy) is 1. The molecule has 0 aromatic heterocycles. The van der Waals surface area contributed by atoms with Gasteiger partial charge in [-0.25, -0.2) is 8.78 Å². The lowest BCUT2D eigenvalue weighted by Crippen LogP contribution is -2.29. The Balaban J connectivity index is 1.67. The molecule has 2 N–H and O–H groups in total. The smallest absolute Gasteiger partial charge is 0.261 e. The molecule has 0 saturated carbocycles. The van der Waals surface area contributed by atoms with Gasteiger partial charge in [-0.2, -0.15) is 0 Å². The molecule has 6 heteroatoms. The summed E-state index contributed by atoms with van der Waals surface area (Å²) in [5.41, 5.74) is 5.15. The molecule has 3 aromatic rings. The van der Waals surface area contributed by atoms with E-state index in [-0.39, 0.29) is 24.5 Å². The molecule has 4 nitrogen and oxygen atoms in total. The number of allylic oxidation sites excluding steroid dienone is 1. The standard InChI is InChI=1S/C31H35F2NO3/c1-2-3-4-8-29(30(23-9-13-26(35)14-10-23)24-11-15-27(36)16-12-24)25-6-5-7-28(21-25)37-20-19-34-18-17-31(32,33)22-34/h5-7,9-16,21,35-36H,2-4,8,17-20,22H2,1H3. The van der Waals surface area contributed by atoms with E-state index in [9.17, 15) is 19.0 Å². The van der Waals surface area contributed by atoms with E-state index in [2.05, 4.69) is 13.0 Å². The SMILES string of the molecule is CCCCCC(=C(c1ccc(O)cc1)c1ccc(O)cc1)c1cccc(OCCN2CCC(F)(F)C2)c1. The van der Waals surface area contributed by atoms with Crippen molar-refractivity contribution in [2.24, 2.45) is 0 Å². The van der Waals surface area contributed by atoms with Crippen molar-refractivity contribution in [1.29, 1.82) is 0 Å². The number of alkyl halides is 2. The van der Waals surface area contributed by atoms with Crippen LogP contribution in [0.25, 0.3) is 11.1 Å². The molecule has 0 spiro atoms. The first kappa shape index (κ1) is 26.7. The number of halogens is 2. The molecule has 0 bridgehead atoms. The molecular formula is C31H35F2NO3. The summed E-state index contributed by atoms with van der Waals surface area (Å²) >= 11 is 0. The van der Waals surface area contributed by atoms with Crippen LogP contribution in [0.15, 0.2) is 72.8 Å². The summed E-state index contributed by atoms with van der Waals surface area (Å²) in [6.45, 7) is 3.17. The fourth-order valence-electron chi connectivity index (χ4n) is 4.80. The summed E-state index contributed by atoms with van der Waals surface area (Å²) in [6, 6.07) is 22.3. The van der Waals surface area contributed by atoms with Crippen molar-refractivity contribution in [3.8, 4) is 17.2 Å². The van der Waals surface area contributed by atoms with Crippen LogP contribution in [-0.2, 0) is 0 Å². The maximum Gasteiger partial charge on any atom is 0.261 e. The van der Waals surface area contributed by atoms with Gasteiger partial charge >= 0.3 is 0 Å². The van der Waals surface area contributed by atoms with Gasteiger partial charge in [-0.3, -0.25) is 4.90 Å². The number of likely N-dealkylation sites (tertiary alicyclic amines) is 1. The average Bonchev–Trinajstić information content (AvgIpc) is 3.24. The Morgan fingerprint density at radius 3 is 2.11 bits per heavy atom. The quantitative estimate of drug-likeness (QED) is 0.210. The van der Waals surface area contributed by atoms with Crippen LogP contribution in [-0.4, -0.2) is 47.3 Å². The number of rotatable bonds is 11. The third kappa shape index (κ3) is 7.32. The molecule has 0 aliphatic carbocycles. The van der Waals surface area contributed by atoms with Gasteiger partial charge in [0.05, 0.1) is 6.54 Å². The highest BCUT2D eigenvalue weighted by Gasteiger charge is 2.37. The highest BCUT2D eigenvalue weighted by atomic mass is 19.3. The predicted molar refractivity (Wildman–Crippen MR) is 144 cm³/mol. The van der Waals surface area contributed by atoms with Crippen LogP contribution in [0.5, 0.6) is 17.2 Å². The molecule has 4 rings (SSSR count). The zero-order chi connectivity index (χ0) is 26.3. The number of phenolic OH excluding ortho intramolecular Hbond substituents is 2. The van der Waals surface area contributed by atoms with E-state index < -0.39 is 5.92 Å². The van der Waals surface area contributed by atoms with Gasteiger partial charge in [-0.05, 0) is 77.1 Å². The number of phenols is 2. The van der Waals surface area contributed by atoms with Gasteiger partial charge < -0.3 is 14.9 Å². The number of nitrogens with zero attached hydrogens (tertiary/aromatic N) is 1. The van der Waals surface area contributed by atoms with E-state index in [1.54, 1.807) is 29.2 Å². The second-order valence-corrected chi connectivity index (χ2v) is 9.66. The Morgan fingerprint density at radius 2 is 1.54 bits per heavy atom. The van der Waals surface area contributed by atoms with Crippen molar-refractivity contribution in [1.82, 2.24) is 4.90 Å². The highest BCUT2D eigenvalue weighted by Crippen LogP contribution is 2.37. The molecule has 1 heterocycles. The predicted octanol–water partition coefficient (Wildman–Crippen LogP) is 7.36. The van der Waals surface area contributed by atoms with Crippen LogP contribution in [0.3, 0.4) is 0 Å². The molecule has 1 aliphatic rings. The molecule has 0 atom stereocenters. The van der Waals surface area contributed by atoms with Gasteiger partial charge in [0.1, 0.15) is 23.9 Å². The summed E-state index contributed by atoms with van der Waals surface area (Å²) in [6.07, 6.45) is 3.96. The van der Waals surface area contributed by atoms with Crippen molar-refractivity contribution in [2.45, 2.75) is 45.0 Å². The first-order valence-corrected chi connectivity index (χ1v) is 13.0. The lowest BCUT2D eigenvalue weighted by atomic mass is 9.86. The molecule has 1 aliphatic heterocycles. The normalized spacial score (nSPS) is 15.0. The Morgan fingerprint density at radius 1 is 0.892 bits per heavy atom. The molecule has 1 fully saturated rings. The van der Waals surface area contributed by atoms with Gasteiger partial charge in [0.25, 0.3) is 5.92 Å². The lowest BCUT2D eigenvalue weighted by Gasteiger charge is -2.19. The van der Waals surface area contributed by atoms with E-state index in [0.717, 1.165) is 53.5 Å². The third-order valence-corrected chi connectivity index (χ3v) is 6.75. The Hall–Kier alpha value is -3.38. The van der Waals surface area contributed by atoms with Crippen LogP contribution in [0.4, 0.5) is 8.78 Å². The largest absolute Gasteiger partial charge is 0.508 e. The van der Waals surface area contributed by atoms with Crippen LogP contribution >= 0.6 is 0 Å². The maximum atomic E-state index is 13.5. The molecule has 0 radical (unpaired) electrons. The minimum Gasteiger partial charge on any atom is -0.508 e. The number of unbranched alkanes of at least 4 members (excludes halogenated alkanes) is 2. The average molecular weight is 508 g/mol. The fraction of sp³-hybridized carbons (Fsp3) is 0.355. The molecule has 37 heavy (non-hydrogen) atoms. The van der Waals surface area contributed by atoms with Crippen molar-refractivity contribution in [2.75, 3.05) is 26.2 Å². The van der Waals surface area contributed by atoms with Crippen molar-refractivity contribution in [3.05, 3.63) is 89.5 Å². The molecule has 1 saturated heterocycles. The Labute approximate surface area is 217 Å². The summed E-state index contributed by atoms with van der Waals surface area (Å²) in [5, 5.41) is 19.8. The molecule has 0 unspecified atom stereocenters. The lowest BCUT2D eigenvalue weighted by molar-refractivity contribution is 0.0113. The number of aromatic hydroxyl groups is 2. The monoisotopic (exact) mass is 507 g/mol. The first-order valence-electron chi connectivity index (χ1n) is 13.0. The molecular weight excluding hydrogens is 472 g/mol. The van der Waals surface area contributed by atoms with Gasteiger partial charge in [0.2, 0.25) is 0 Å². The van der Waals surface area contributed by atoms with Crippen LogP contribution in [0.1, 0.15) is 55.7 Å². The number of benzene rings is 3. The fourth-order valence-corrected chi connectivity index (χ4v) is 4.80. The Kier molecular flexibility index (Phi) is 8.82. The zero-order valence-electron chi connectivity index (χ0n) is 21.3. The second kappa shape index (κ2) is 12.2. The van der Waals surface area contributed by atoms with Gasteiger partial charge in [-0.1, -0.05) is 56.2 Å². The van der Waals surface area contributed by atoms with Crippen LogP contribution in [0, 0.1) is 0 Å². The first-order chi connectivity index (χ1) is 17.8. The zero-order valence-corrected chi connectivity index (χ0v) is 21.3. The Bertz CT molecular complexity index is 1140. The minimum atomic E-state index is -2.60. The molecule has 0 amide bonds. The number of hydrogen-bond donors (Lipinski definition) is 2. The number of hydrogen-bond acceptors (Lipinski definition) is 4. The maximum absolute atomic E-state index is 13.5. The summed E-state index contributed by atoms with van der Waals surface area (Å²) in [7, 11) is 0. The van der Waals surface area contributed by atoms with E-state index in [4.69, 9.17) is 4.74 Å². The van der Waals surface area contributed by atoms with Crippen LogP contribution < -0.4 is 4.74 Å². The van der Waals surface area contributed by atoms with Gasteiger partial charge in [0.15, 0.2) is 0 Å². The van der Waals surface area contributed by atoms with E-state index in [1.807, 2.05) is 42.5 Å². The van der Waals surface area contributed by atoms with Crippen molar-refractivity contribution < 1.29 is 23.7 Å². The highest BCUT2D eigenvalue weighted by molar-refractivity contribution is 5.98. The molecule has 196 valence electrons. The summed E-state index contributed by atoms with van der Waals surface area (Å²) in [5.74, 6) is -1.50. The summed E-state index contributed by atoms with van der Waals surface area (Å²) < 4.78 is 33.0. The van der Waals surface area contributed by atoms with Gasteiger partial charge in [0, 0.05) is 19.5 Å². The van der Waals surface area contributed by atoms with Crippen LogP contribution in [0.2, 0.25) is 0 Å². The summed E-state index contributed by atoms with van der Waals surface area (Å²) in [4.78, 5) is 1.74. The van der Waals surface area contributed by atoms with E-state index in [1.165, 1.54) is 0 Å². The topological polar surface area (TPSA) is 52.9 Å². The minimum absolute atomic E-state index is 0.0916. The van der Waals surface area contributed by atoms with E-state index >= 15 is 0 Å². The van der Waals surface area contributed by atoms with Crippen molar-refractivity contribution >= 4 is 11.1 Å². The second-order valence-electron chi connectivity index (χ2n) is 9.66. The van der Waals surface area contributed by atoms with Crippen molar-refractivity contribution in [3.63, 3.8) is 0 Å². The third-order valence-electron chi connectivity index (χ3n) is 6.75. The van der Waals surface area contributed by atoms with Gasteiger partial charge in [-0.15, -0.1) is 0 Å².